The lowest BCUT2D eigenvalue weighted by Gasteiger charge is -2.41. The van der Waals surface area contributed by atoms with Gasteiger partial charge in [-0.2, -0.15) is 18.3 Å². The van der Waals surface area contributed by atoms with Crippen LogP contribution in [0.2, 0.25) is 0 Å². The van der Waals surface area contributed by atoms with E-state index in [1.54, 1.807) is 30.3 Å². The van der Waals surface area contributed by atoms with Gasteiger partial charge in [-0.3, -0.25) is 14.4 Å². The van der Waals surface area contributed by atoms with Crippen LogP contribution in [0.4, 0.5) is 17.6 Å². The fraction of sp³-hybridized carbons (Fsp3) is 0.357. The zero-order chi connectivity index (χ0) is 29.8. The first kappa shape index (κ1) is 29.7. The van der Waals surface area contributed by atoms with Crippen molar-refractivity contribution < 1.29 is 41.4 Å². The van der Waals surface area contributed by atoms with Crippen molar-refractivity contribution in [3.05, 3.63) is 92.6 Å². The van der Waals surface area contributed by atoms with Gasteiger partial charge in [-0.25, -0.2) is 14.3 Å². The summed E-state index contributed by atoms with van der Waals surface area (Å²) in [7, 11) is 1.45. The minimum Gasteiger partial charge on any atom is -0.497 e. The van der Waals surface area contributed by atoms with E-state index in [1.807, 2.05) is 6.92 Å². The molecule has 1 aliphatic heterocycles. The number of H-pyrrole nitrogens is 1. The molecule has 0 saturated carbocycles. The van der Waals surface area contributed by atoms with Crippen LogP contribution in [0.5, 0.6) is 5.75 Å². The molecule has 218 valence electrons. The van der Waals surface area contributed by atoms with Gasteiger partial charge in [0.15, 0.2) is 0 Å². The molecule has 1 N–H and O–H groups in total. The highest BCUT2D eigenvalue weighted by atomic mass is 19.4. The first-order chi connectivity index (χ1) is 19.4. The predicted molar refractivity (Wildman–Crippen MR) is 138 cm³/mol. The molecule has 0 atom stereocenters. The number of nitrogens with one attached hydrogen (secondary N) is 1. The predicted octanol–water partition coefficient (Wildman–Crippen LogP) is 3.56. The van der Waals surface area contributed by atoms with Crippen molar-refractivity contribution in [2.45, 2.75) is 32.5 Å². The number of amides is 1. The number of benzene rings is 2. The van der Waals surface area contributed by atoms with Gasteiger partial charge in [-0.1, -0.05) is 25.1 Å². The number of quaternary nitrogens is 1. The minimum absolute atomic E-state index is 0.0844. The molecule has 13 heteroatoms. The molecular weight excluding hydrogens is 548 g/mol. The van der Waals surface area contributed by atoms with Crippen LogP contribution in [0.1, 0.15) is 39.7 Å². The first-order valence-corrected chi connectivity index (χ1v) is 12.9. The van der Waals surface area contributed by atoms with Crippen molar-refractivity contribution in [3.8, 4) is 5.75 Å². The number of piperazine rings is 1. The molecule has 41 heavy (non-hydrogen) atoms. The largest absolute Gasteiger partial charge is 0.497 e. The molecule has 1 aromatic heterocycles. The number of hydrogen-bond donors (Lipinski definition) is 1. The van der Waals surface area contributed by atoms with Gasteiger partial charge in [-0.05, 0) is 42.3 Å². The van der Waals surface area contributed by atoms with Crippen LogP contribution in [-0.2, 0) is 29.0 Å². The molecule has 9 nitrogen and oxygen atoms in total. The van der Waals surface area contributed by atoms with E-state index >= 15 is 0 Å². The van der Waals surface area contributed by atoms with Crippen LogP contribution in [0.3, 0.4) is 0 Å². The third kappa shape index (κ3) is 7.09. The topological polar surface area (TPSA) is 102 Å². The Bertz CT molecular complexity index is 1480. The quantitative estimate of drug-likeness (QED) is 0.325. The lowest BCUT2D eigenvalue weighted by molar-refractivity contribution is -1.10. The maximum Gasteiger partial charge on any atom is 0.497 e. The van der Waals surface area contributed by atoms with Crippen molar-refractivity contribution >= 4 is 11.9 Å². The molecular formula is C28H29F4N4O5+. The number of methoxy groups -OCH3 is 1. The second kappa shape index (κ2) is 12.1. The molecule has 1 saturated heterocycles. The summed E-state index contributed by atoms with van der Waals surface area (Å²) in [6, 6.07) is 12.3. The number of nitrogens with zero attached hydrogens (tertiary/aromatic N) is 3. The minimum atomic E-state index is -5.20. The molecule has 2 aromatic carbocycles. The summed E-state index contributed by atoms with van der Waals surface area (Å²) in [5.41, 5.74) is 1.73. The Morgan fingerprint density at radius 2 is 1.80 bits per heavy atom. The number of alkyl halides is 3. The van der Waals surface area contributed by atoms with E-state index in [0.717, 1.165) is 6.07 Å². The highest BCUT2D eigenvalue weighted by Gasteiger charge is 2.49. The van der Waals surface area contributed by atoms with Crippen molar-refractivity contribution in [2.75, 3.05) is 33.3 Å². The molecule has 2 heterocycles. The Morgan fingerprint density at radius 3 is 2.46 bits per heavy atom. The molecule has 0 bridgehead atoms. The average molecular weight is 578 g/mol. The van der Waals surface area contributed by atoms with Crippen LogP contribution in [-0.4, -0.2) is 71.1 Å². The molecule has 0 unspecified atom stereocenters. The van der Waals surface area contributed by atoms with Gasteiger partial charge in [0, 0.05) is 17.5 Å². The summed E-state index contributed by atoms with van der Waals surface area (Å²) in [6.07, 6.45) is -4.46. The second-order valence-corrected chi connectivity index (χ2v) is 9.74. The molecule has 0 spiro atoms. The normalized spacial score (nSPS) is 14.9. The number of rotatable bonds is 8. The van der Waals surface area contributed by atoms with Gasteiger partial charge in [0.2, 0.25) is 0 Å². The van der Waals surface area contributed by atoms with Gasteiger partial charge in [0.25, 0.3) is 11.5 Å². The standard InChI is InChI=1S/C28H28F4N4O5/c1-3-20-16-21(33-34-25(20)37)13-18-7-8-24(29)23(15-18)26(38)35-9-11-36(12-10-35,41-27(39)28(30,31)32)17-19-5-4-6-22(14-19)40-2/h4-8,14-16H,3,9-13,17H2,1-2H3/p+1. The van der Waals surface area contributed by atoms with Gasteiger partial charge in [-0.15, -0.1) is 4.65 Å². The Kier molecular flexibility index (Phi) is 8.76. The summed E-state index contributed by atoms with van der Waals surface area (Å²) in [5, 5.41) is 6.44. The number of hydroxylamine groups is 3. The zero-order valence-corrected chi connectivity index (χ0v) is 22.5. The molecule has 0 aliphatic carbocycles. The van der Waals surface area contributed by atoms with Crippen LogP contribution < -0.4 is 10.3 Å². The number of aromatic amines is 1. The van der Waals surface area contributed by atoms with Crippen LogP contribution in [0.15, 0.2) is 53.3 Å². The average Bonchev–Trinajstić information content (AvgIpc) is 2.94. The summed E-state index contributed by atoms with van der Waals surface area (Å²) in [4.78, 5) is 43.2. The highest BCUT2D eigenvalue weighted by molar-refractivity contribution is 5.94. The highest BCUT2D eigenvalue weighted by Crippen LogP contribution is 2.27. The van der Waals surface area contributed by atoms with Crippen molar-refractivity contribution in [1.82, 2.24) is 15.1 Å². The monoisotopic (exact) mass is 577 g/mol. The Hall–Kier alpha value is -4.26. The fourth-order valence-corrected chi connectivity index (χ4v) is 4.72. The van der Waals surface area contributed by atoms with E-state index < -0.39 is 28.5 Å². The van der Waals surface area contributed by atoms with Crippen LogP contribution >= 0.6 is 0 Å². The van der Waals surface area contributed by atoms with E-state index in [-0.39, 0.29) is 50.3 Å². The summed E-state index contributed by atoms with van der Waals surface area (Å²) in [5.74, 6) is -3.25. The van der Waals surface area contributed by atoms with Crippen molar-refractivity contribution in [1.29, 1.82) is 0 Å². The van der Waals surface area contributed by atoms with Crippen LogP contribution in [0.25, 0.3) is 0 Å². The maximum atomic E-state index is 14.8. The number of ether oxygens (including phenoxy) is 1. The number of halogens is 4. The number of aryl methyl sites for hydroxylation is 1. The third-order valence-corrected chi connectivity index (χ3v) is 6.92. The zero-order valence-electron chi connectivity index (χ0n) is 22.5. The summed E-state index contributed by atoms with van der Waals surface area (Å²) < 4.78 is 58.6. The number of carbonyl (C=O) groups excluding carboxylic acids is 2. The summed E-state index contributed by atoms with van der Waals surface area (Å²) >= 11 is 0. The van der Waals surface area contributed by atoms with Gasteiger partial charge >= 0.3 is 12.1 Å². The van der Waals surface area contributed by atoms with Gasteiger partial charge < -0.3 is 9.64 Å². The van der Waals surface area contributed by atoms with Crippen molar-refractivity contribution in [2.24, 2.45) is 0 Å². The fourth-order valence-electron chi connectivity index (χ4n) is 4.72. The molecule has 0 radical (unpaired) electrons. The lowest BCUT2D eigenvalue weighted by Crippen LogP contribution is -2.61. The lowest BCUT2D eigenvalue weighted by atomic mass is 10.0. The van der Waals surface area contributed by atoms with E-state index in [1.165, 1.54) is 24.1 Å². The SMILES string of the molecule is CCc1cc(Cc2ccc(F)c(C(=O)N3CC[N+](Cc4cccc(OC)c4)(OC(=O)C(F)(F)F)CC3)c2)n[nH]c1=O. The molecule has 1 fully saturated rings. The van der Waals surface area contributed by atoms with E-state index in [0.29, 0.717) is 34.6 Å². The smallest absolute Gasteiger partial charge is 0.497 e. The maximum absolute atomic E-state index is 14.8. The second-order valence-electron chi connectivity index (χ2n) is 9.74. The van der Waals surface area contributed by atoms with Crippen LogP contribution in [0, 0.1) is 5.82 Å². The summed E-state index contributed by atoms with van der Waals surface area (Å²) in [6.45, 7) is 1.28. The molecule has 3 aromatic rings. The number of hydrogen-bond acceptors (Lipinski definition) is 6. The van der Waals surface area contributed by atoms with Gasteiger partial charge in [0.1, 0.15) is 31.2 Å². The van der Waals surface area contributed by atoms with E-state index in [2.05, 4.69) is 10.2 Å². The van der Waals surface area contributed by atoms with Crippen molar-refractivity contribution in [3.63, 3.8) is 0 Å². The van der Waals surface area contributed by atoms with E-state index in [9.17, 15) is 31.9 Å². The Labute approximate surface area is 232 Å². The Balaban J connectivity index is 1.52. The first-order valence-electron chi connectivity index (χ1n) is 12.9. The molecule has 1 aliphatic rings. The number of aromatic nitrogens is 2. The van der Waals surface area contributed by atoms with Gasteiger partial charge in [0.05, 0.1) is 31.5 Å². The molecule has 4 rings (SSSR count). The Morgan fingerprint density at radius 1 is 1.07 bits per heavy atom. The molecule has 1 amide bonds. The van der Waals surface area contributed by atoms with E-state index in [4.69, 9.17) is 9.57 Å². The number of carbonyl (C=O) groups is 2. The third-order valence-electron chi connectivity index (χ3n) is 6.92.